The van der Waals surface area contributed by atoms with Crippen molar-refractivity contribution >= 4 is 16.6 Å². The normalized spacial score (nSPS) is 13.2. The Kier molecular flexibility index (Phi) is 7.05. The molecule has 0 radical (unpaired) electrons. The van der Waals surface area contributed by atoms with E-state index in [1.807, 2.05) is 0 Å². The molecule has 1 nitrogen and oxygen atoms in total. The highest BCUT2D eigenvalue weighted by atomic mass is 28.4. The minimum absolute atomic E-state index is 1.28. The first-order chi connectivity index (χ1) is 6.83. The molecule has 3 heteroatoms. The predicted octanol–water partition coefficient (Wildman–Crippen LogP) is 5.01. The quantitative estimate of drug-likeness (QED) is 0.432. The summed E-state index contributed by atoms with van der Waals surface area (Å²) >= 11 is 0. The van der Waals surface area contributed by atoms with Gasteiger partial charge in [-0.3, -0.25) is 0 Å². The maximum Gasteiger partial charge on any atom is 0.173 e. The monoisotopic (exact) mass is 246 g/mol. The molecule has 0 spiro atoms. The lowest BCUT2D eigenvalue weighted by Gasteiger charge is -2.34. The molecular weight excluding hydrogens is 216 g/mol. The zero-order valence-corrected chi connectivity index (χ0v) is 13.7. The van der Waals surface area contributed by atoms with Gasteiger partial charge in [-0.25, -0.2) is 0 Å². The molecule has 0 fully saturated rings. The predicted molar refractivity (Wildman–Crippen MR) is 75.5 cm³/mol. The van der Waals surface area contributed by atoms with Gasteiger partial charge in [-0.05, 0) is 38.3 Å². The van der Waals surface area contributed by atoms with Crippen LogP contribution in [0.15, 0.2) is 0 Å². The van der Waals surface area contributed by atoms with Crippen molar-refractivity contribution in [3.8, 4) is 0 Å². The van der Waals surface area contributed by atoms with Crippen molar-refractivity contribution in [1.82, 2.24) is 0 Å². The van der Waals surface area contributed by atoms with E-state index >= 15 is 0 Å². The largest absolute Gasteiger partial charge is 0.455 e. The van der Waals surface area contributed by atoms with Gasteiger partial charge in [0, 0.05) is 0 Å². The average Bonchev–Trinajstić information content (AvgIpc) is 2.01. The Morgan fingerprint density at radius 2 is 1.27 bits per heavy atom. The maximum absolute atomic E-state index is 6.49. The lowest BCUT2D eigenvalue weighted by molar-refractivity contribution is 0.529. The second-order valence-corrected chi connectivity index (χ2v) is 14.7. The summed E-state index contributed by atoms with van der Waals surface area (Å²) in [5.74, 6) is 0. The van der Waals surface area contributed by atoms with Gasteiger partial charge >= 0.3 is 0 Å². The van der Waals surface area contributed by atoms with Crippen molar-refractivity contribution in [2.24, 2.45) is 0 Å². The summed E-state index contributed by atoms with van der Waals surface area (Å²) in [5, 5.41) is 0. The standard InChI is InChI=1S/C12H30OSi2/c1-7-9-10-12-15(5,6)13-14(3,4)11-8-2/h7-12H2,1-6H3. The van der Waals surface area contributed by atoms with Gasteiger partial charge in [-0.2, -0.15) is 0 Å². The molecule has 0 aliphatic rings. The van der Waals surface area contributed by atoms with Gasteiger partial charge in [0.25, 0.3) is 0 Å². The Morgan fingerprint density at radius 1 is 0.733 bits per heavy atom. The minimum Gasteiger partial charge on any atom is -0.455 e. The molecule has 0 unspecified atom stereocenters. The van der Waals surface area contributed by atoms with Gasteiger partial charge in [0.1, 0.15) is 0 Å². The van der Waals surface area contributed by atoms with E-state index in [4.69, 9.17) is 4.12 Å². The van der Waals surface area contributed by atoms with Crippen molar-refractivity contribution in [2.45, 2.75) is 77.8 Å². The molecule has 0 heterocycles. The van der Waals surface area contributed by atoms with Crippen LogP contribution in [0.3, 0.4) is 0 Å². The smallest absolute Gasteiger partial charge is 0.173 e. The van der Waals surface area contributed by atoms with Crippen molar-refractivity contribution in [2.75, 3.05) is 0 Å². The number of hydrogen-bond donors (Lipinski definition) is 0. The summed E-state index contributed by atoms with van der Waals surface area (Å²) < 4.78 is 6.49. The second-order valence-electron chi connectivity index (χ2n) is 5.83. The zero-order valence-electron chi connectivity index (χ0n) is 11.7. The van der Waals surface area contributed by atoms with Crippen LogP contribution in [0.4, 0.5) is 0 Å². The molecule has 0 atom stereocenters. The van der Waals surface area contributed by atoms with Gasteiger partial charge in [-0.15, -0.1) is 0 Å². The van der Waals surface area contributed by atoms with Crippen LogP contribution in [0.25, 0.3) is 0 Å². The highest BCUT2D eigenvalue weighted by molar-refractivity contribution is 6.84. The summed E-state index contributed by atoms with van der Waals surface area (Å²) in [5.41, 5.74) is 0. The third kappa shape index (κ3) is 8.23. The van der Waals surface area contributed by atoms with Crippen LogP contribution in [0, 0.1) is 0 Å². The Morgan fingerprint density at radius 3 is 1.73 bits per heavy atom. The van der Waals surface area contributed by atoms with Crippen LogP contribution >= 0.6 is 0 Å². The van der Waals surface area contributed by atoms with Crippen LogP contribution in [-0.4, -0.2) is 16.6 Å². The molecule has 0 aromatic heterocycles. The van der Waals surface area contributed by atoms with E-state index in [0.29, 0.717) is 0 Å². The van der Waals surface area contributed by atoms with Gasteiger partial charge in [0.05, 0.1) is 0 Å². The molecule has 15 heavy (non-hydrogen) atoms. The molecule has 0 aromatic carbocycles. The van der Waals surface area contributed by atoms with Gasteiger partial charge in [-0.1, -0.05) is 39.5 Å². The fourth-order valence-corrected chi connectivity index (χ4v) is 11.4. The van der Waals surface area contributed by atoms with Crippen LogP contribution in [0.5, 0.6) is 0 Å². The summed E-state index contributed by atoms with van der Waals surface area (Å²) in [6, 6.07) is 2.66. The maximum atomic E-state index is 6.49. The Balaban J connectivity index is 3.99. The summed E-state index contributed by atoms with van der Waals surface area (Å²) in [7, 11) is -2.69. The molecule has 0 aliphatic carbocycles. The molecule has 0 N–H and O–H groups in total. The zero-order chi connectivity index (χ0) is 11.9. The van der Waals surface area contributed by atoms with E-state index in [9.17, 15) is 0 Å². The first-order valence-corrected chi connectivity index (χ1v) is 12.8. The Labute approximate surface area is 98.9 Å². The van der Waals surface area contributed by atoms with Crippen molar-refractivity contribution in [1.29, 1.82) is 0 Å². The van der Waals surface area contributed by atoms with E-state index in [2.05, 4.69) is 40.0 Å². The fourth-order valence-electron chi connectivity index (χ4n) is 2.25. The van der Waals surface area contributed by atoms with Crippen molar-refractivity contribution < 1.29 is 4.12 Å². The van der Waals surface area contributed by atoms with E-state index in [0.717, 1.165) is 0 Å². The molecule has 0 aromatic rings. The van der Waals surface area contributed by atoms with E-state index < -0.39 is 16.6 Å². The second kappa shape index (κ2) is 6.87. The number of rotatable bonds is 8. The highest BCUT2D eigenvalue weighted by Crippen LogP contribution is 2.24. The first kappa shape index (κ1) is 15.4. The molecule has 0 aliphatic heterocycles. The van der Waals surface area contributed by atoms with E-state index in [1.165, 1.54) is 37.8 Å². The molecule has 0 rings (SSSR count). The number of hydrogen-bond acceptors (Lipinski definition) is 1. The summed E-state index contributed by atoms with van der Waals surface area (Å²) in [4.78, 5) is 0. The topological polar surface area (TPSA) is 9.23 Å². The van der Waals surface area contributed by atoms with Crippen molar-refractivity contribution in [3.63, 3.8) is 0 Å². The SMILES string of the molecule is CCCCC[Si](C)(C)O[Si](C)(C)CCC. The van der Waals surface area contributed by atoms with Gasteiger partial charge < -0.3 is 4.12 Å². The summed E-state index contributed by atoms with van der Waals surface area (Å²) in [6.45, 7) is 14.1. The average molecular weight is 247 g/mol. The van der Waals surface area contributed by atoms with Crippen LogP contribution < -0.4 is 0 Å². The van der Waals surface area contributed by atoms with E-state index in [1.54, 1.807) is 0 Å². The molecule has 0 amide bonds. The molecule has 0 bridgehead atoms. The van der Waals surface area contributed by atoms with Crippen molar-refractivity contribution in [3.05, 3.63) is 0 Å². The Hall–Kier alpha value is 0.394. The molecular formula is C12H30OSi2. The van der Waals surface area contributed by atoms with Gasteiger partial charge in [0.2, 0.25) is 0 Å². The molecule has 0 saturated carbocycles. The highest BCUT2D eigenvalue weighted by Gasteiger charge is 2.31. The van der Waals surface area contributed by atoms with Gasteiger partial charge in [0.15, 0.2) is 16.6 Å². The first-order valence-electron chi connectivity index (χ1n) is 6.53. The minimum atomic E-state index is -1.35. The molecule has 92 valence electrons. The summed E-state index contributed by atoms with van der Waals surface area (Å²) in [6.07, 6.45) is 5.33. The lowest BCUT2D eigenvalue weighted by atomic mass is 10.3. The third-order valence-corrected chi connectivity index (χ3v) is 10.5. The Bertz CT molecular complexity index is 167. The van der Waals surface area contributed by atoms with Crippen LogP contribution in [0.1, 0.15) is 39.5 Å². The fraction of sp³-hybridized carbons (Fsp3) is 1.00. The third-order valence-electron chi connectivity index (χ3n) is 2.79. The molecule has 0 saturated heterocycles. The van der Waals surface area contributed by atoms with Crippen LogP contribution in [0.2, 0.25) is 38.3 Å². The van der Waals surface area contributed by atoms with Crippen LogP contribution in [-0.2, 0) is 4.12 Å². The van der Waals surface area contributed by atoms with E-state index in [-0.39, 0.29) is 0 Å². The lowest BCUT2D eigenvalue weighted by Crippen LogP contribution is -2.44. The number of unbranched alkanes of at least 4 members (excludes halogenated alkanes) is 2.